The molecule has 0 aliphatic heterocycles. The molecule has 1 saturated carbocycles. The molecule has 1 aliphatic rings. The average molecular weight is 238 g/mol. The van der Waals surface area contributed by atoms with E-state index < -0.39 is 0 Å². The van der Waals surface area contributed by atoms with Crippen LogP contribution in [0.15, 0.2) is 12.4 Å². The lowest BCUT2D eigenvalue weighted by molar-refractivity contribution is 0.751. The lowest BCUT2D eigenvalue weighted by Crippen LogP contribution is -2.18. The van der Waals surface area contributed by atoms with Crippen molar-refractivity contribution in [1.29, 1.82) is 0 Å². The zero-order chi connectivity index (χ0) is 11.4. The molecule has 4 nitrogen and oxygen atoms in total. The summed E-state index contributed by atoms with van der Waals surface area (Å²) in [5.74, 6) is 2.42. The third-order valence-corrected chi connectivity index (χ3v) is 4.09. The molecule has 16 heavy (non-hydrogen) atoms. The fourth-order valence-electron chi connectivity index (χ4n) is 2.11. The van der Waals surface area contributed by atoms with E-state index in [9.17, 15) is 0 Å². The van der Waals surface area contributed by atoms with Crippen molar-refractivity contribution < 1.29 is 0 Å². The molecule has 0 amide bonds. The standard InChI is InChI=1S/C11H18N4S/c1-2-16-9-4-3-8(7-9)15-11-10(12)13-5-6-14-11/h5-6,8-9H,2-4,7H2,1H3,(H2,12,13)(H,14,15). The van der Waals surface area contributed by atoms with Gasteiger partial charge in [0.1, 0.15) is 0 Å². The Labute approximate surface area is 100 Å². The second kappa shape index (κ2) is 5.39. The van der Waals surface area contributed by atoms with Crippen LogP contribution in [0.25, 0.3) is 0 Å². The van der Waals surface area contributed by atoms with E-state index in [0.717, 1.165) is 11.1 Å². The summed E-state index contributed by atoms with van der Waals surface area (Å²) in [6, 6.07) is 0.503. The zero-order valence-electron chi connectivity index (χ0n) is 9.52. The number of hydrogen-bond acceptors (Lipinski definition) is 5. The molecule has 0 saturated heterocycles. The smallest absolute Gasteiger partial charge is 0.169 e. The van der Waals surface area contributed by atoms with E-state index in [2.05, 4.69) is 34.0 Å². The Hall–Kier alpha value is -0.970. The van der Waals surface area contributed by atoms with Crippen molar-refractivity contribution in [2.45, 2.75) is 37.5 Å². The zero-order valence-corrected chi connectivity index (χ0v) is 10.3. The molecule has 1 aromatic heterocycles. The molecule has 1 fully saturated rings. The predicted molar refractivity (Wildman–Crippen MR) is 69.6 cm³/mol. The van der Waals surface area contributed by atoms with Gasteiger partial charge in [-0.1, -0.05) is 6.92 Å². The van der Waals surface area contributed by atoms with Gasteiger partial charge in [-0.3, -0.25) is 0 Å². The first-order valence-corrected chi connectivity index (χ1v) is 6.79. The van der Waals surface area contributed by atoms with Gasteiger partial charge in [0, 0.05) is 23.7 Å². The van der Waals surface area contributed by atoms with Gasteiger partial charge in [-0.25, -0.2) is 9.97 Å². The van der Waals surface area contributed by atoms with E-state index in [4.69, 9.17) is 5.73 Å². The molecular weight excluding hydrogens is 220 g/mol. The first-order chi connectivity index (χ1) is 7.79. The minimum absolute atomic E-state index is 0.495. The number of rotatable bonds is 4. The van der Waals surface area contributed by atoms with Gasteiger partial charge in [0.05, 0.1) is 0 Å². The van der Waals surface area contributed by atoms with Gasteiger partial charge in [0.15, 0.2) is 11.6 Å². The van der Waals surface area contributed by atoms with Crippen LogP contribution in [-0.2, 0) is 0 Å². The fraction of sp³-hybridized carbons (Fsp3) is 0.636. The normalized spacial score (nSPS) is 24.6. The number of hydrogen-bond donors (Lipinski definition) is 2. The van der Waals surface area contributed by atoms with E-state index in [-0.39, 0.29) is 0 Å². The van der Waals surface area contributed by atoms with E-state index in [1.165, 1.54) is 25.0 Å². The summed E-state index contributed by atoms with van der Waals surface area (Å²) in [5.41, 5.74) is 5.75. The highest BCUT2D eigenvalue weighted by molar-refractivity contribution is 7.99. The van der Waals surface area contributed by atoms with Crippen LogP contribution >= 0.6 is 11.8 Å². The fourth-order valence-corrected chi connectivity index (χ4v) is 3.25. The lowest BCUT2D eigenvalue weighted by atomic mass is 10.2. The Morgan fingerprint density at radius 3 is 3.00 bits per heavy atom. The maximum Gasteiger partial charge on any atom is 0.169 e. The molecule has 0 spiro atoms. The number of nitrogen functional groups attached to an aromatic ring is 1. The molecule has 0 radical (unpaired) electrons. The largest absolute Gasteiger partial charge is 0.381 e. The summed E-state index contributed by atoms with van der Waals surface area (Å²) in [5, 5.41) is 4.18. The topological polar surface area (TPSA) is 63.8 Å². The van der Waals surface area contributed by atoms with Gasteiger partial charge in [-0.05, 0) is 25.0 Å². The van der Waals surface area contributed by atoms with Crippen LogP contribution in [0.4, 0.5) is 11.6 Å². The molecule has 2 unspecified atom stereocenters. The monoisotopic (exact) mass is 238 g/mol. The summed E-state index contributed by atoms with van der Waals surface area (Å²) in [6.45, 7) is 2.21. The SMILES string of the molecule is CCSC1CCC(Nc2nccnc2N)C1. The van der Waals surface area contributed by atoms with E-state index >= 15 is 0 Å². The van der Waals surface area contributed by atoms with Crippen molar-refractivity contribution in [3.05, 3.63) is 12.4 Å². The summed E-state index contributed by atoms with van der Waals surface area (Å²) in [4.78, 5) is 8.23. The molecule has 0 bridgehead atoms. The maximum absolute atomic E-state index is 5.75. The van der Waals surface area contributed by atoms with Crippen molar-refractivity contribution in [3.63, 3.8) is 0 Å². The van der Waals surface area contributed by atoms with Crippen LogP contribution in [0.1, 0.15) is 26.2 Å². The van der Waals surface area contributed by atoms with Crippen LogP contribution in [0.5, 0.6) is 0 Å². The molecule has 3 N–H and O–H groups in total. The minimum Gasteiger partial charge on any atom is -0.381 e. The Morgan fingerprint density at radius 2 is 2.25 bits per heavy atom. The number of anilines is 2. The van der Waals surface area contributed by atoms with Crippen LogP contribution in [0, 0.1) is 0 Å². The first kappa shape index (κ1) is 11.5. The molecule has 2 rings (SSSR count). The van der Waals surface area contributed by atoms with Crippen molar-refractivity contribution in [2.75, 3.05) is 16.8 Å². The second-order valence-corrected chi connectivity index (χ2v) is 5.60. The maximum atomic E-state index is 5.75. The highest BCUT2D eigenvalue weighted by Crippen LogP contribution is 2.31. The van der Waals surface area contributed by atoms with E-state index in [1.54, 1.807) is 12.4 Å². The Bertz CT molecular complexity index is 345. The Balaban J connectivity index is 1.90. The molecule has 5 heteroatoms. The number of nitrogens with one attached hydrogen (secondary N) is 1. The lowest BCUT2D eigenvalue weighted by Gasteiger charge is -2.14. The van der Waals surface area contributed by atoms with Gasteiger partial charge in [-0.2, -0.15) is 11.8 Å². The summed E-state index contributed by atoms with van der Waals surface area (Å²) in [7, 11) is 0. The number of aromatic nitrogens is 2. The quantitative estimate of drug-likeness (QED) is 0.841. The van der Waals surface area contributed by atoms with Crippen molar-refractivity contribution in [1.82, 2.24) is 9.97 Å². The van der Waals surface area contributed by atoms with Crippen LogP contribution in [0.2, 0.25) is 0 Å². The molecule has 2 atom stereocenters. The third kappa shape index (κ3) is 2.78. The highest BCUT2D eigenvalue weighted by Gasteiger charge is 2.25. The summed E-state index contributed by atoms with van der Waals surface area (Å²) >= 11 is 2.05. The number of thioether (sulfide) groups is 1. The number of nitrogens with zero attached hydrogens (tertiary/aromatic N) is 2. The van der Waals surface area contributed by atoms with Gasteiger partial charge in [0.25, 0.3) is 0 Å². The molecule has 1 heterocycles. The minimum atomic E-state index is 0.495. The number of nitrogens with two attached hydrogens (primary N) is 1. The van der Waals surface area contributed by atoms with Crippen molar-refractivity contribution in [3.8, 4) is 0 Å². The van der Waals surface area contributed by atoms with Crippen molar-refractivity contribution in [2.24, 2.45) is 0 Å². The highest BCUT2D eigenvalue weighted by atomic mass is 32.2. The molecule has 1 aliphatic carbocycles. The first-order valence-electron chi connectivity index (χ1n) is 5.74. The van der Waals surface area contributed by atoms with Crippen molar-refractivity contribution >= 4 is 23.4 Å². The van der Waals surface area contributed by atoms with E-state index in [0.29, 0.717) is 11.9 Å². The molecular formula is C11H18N4S. The van der Waals surface area contributed by atoms with E-state index in [1.807, 2.05) is 0 Å². The van der Waals surface area contributed by atoms with Crippen LogP contribution in [0.3, 0.4) is 0 Å². The predicted octanol–water partition coefficient (Wildman–Crippen LogP) is 2.14. The third-order valence-electron chi connectivity index (χ3n) is 2.85. The van der Waals surface area contributed by atoms with Crippen LogP contribution in [-0.4, -0.2) is 27.0 Å². The molecule has 0 aromatic carbocycles. The van der Waals surface area contributed by atoms with Gasteiger partial charge in [-0.15, -0.1) is 0 Å². The van der Waals surface area contributed by atoms with Gasteiger partial charge >= 0.3 is 0 Å². The summed E-state index contributed by atoms with van der Waals surface area (Å²) in [6.07, 6.45) is 6.98. The second-order valence-electron chi connectivity index (χ2n) is 4.02. The van der Waals surface area contributed by atoms with Gasteiger partial charge in [0.2, 0.25) is 0 Å². The van der Waals surface area contributed by atoms with Crippen LogP contribution < -0.4 is 11.1 Å². The molecule has 88 valence electrons. The Morgan fingerprint density at radius 1 is 1.44 bits per heavy atom. The summed E-state index contributed by atoms with van der Waals surface area (Å²) < 4.78 is 0. The Kier molecular flexibility index (Phi) is 3.88. The van der Waals surface area contributed by atoms with Gasteiger partial charge < -0.3 is 11.1 Å². The average Bonchev–Trinajstić information content (AvgIpc) is 2.70. The molecule has 1 aromatic rings.